The number of thiophene rings is 1. The topological polar surface area (TPSA) is 40.5 Å². The third-order valence-corrected chi connectivity index (χ3v) is 5.42. The predicted molar refractivity (Wildman–Crippen MR) is 72.1 cm³/mol. The van der Waals surface area contributed by atoms with E-state index in [9.17, 15) is 0 Å². The summed E-state index contributed by atoms with van der Waals surface area (Å²) in [5.74, 6) is 0. The van der Waals surface area contributed by atoms with E-state index < -0.39 is 7.12 Å². The summed E-state index contributed by atoms with van der Waals surface area (Å²) >= 11 is 7.13. The number of benzene rings is 1. The molecule has 0 saturated heterocycles. The summed E-state index contributed by atoms with van der Waals surface area (Å²) in [7, 11) is -1.40. The highest BCUT2D eigenvalue weighted by Crippen LogP contribution is 2.29. The van der Waals surface area contributed by atoms with E-state index in [-0.39, 0.29) is 0 Å². The molecule has 0 fully saturated rings. The van der Waals surface area contributed by atoms with Gasteiger partial charge in [0.15, 0.2) is 0 Å². The maximum atomic E-state index is 9.17. The second-order valence-corrected chi connectivity index (χ2v) is 5.64. The quantitative estimate of drug-likeness (QED) is 0.584. The van der Waals surface area contributed by atoms with Crippen molar-refractivity contribution in [1.82, 2.24) is 0 Å². The molecule has 0 bridgehead atoms. The molecule has 72 valence electrons. The summed E-state index contributed by atoms with van der Waals surface area (Å²) in [5, 5.41) is 21.1. The molecule has 6 heteroatoms. The second-order valence-electron chi connectivity index (χ2n) is 2.80. The van der Waals surface area contributed by atoms with E-state index in [1.807, 2.05) is 12.1 Å². The van der Waals surface area contributed by atoms with Gasteiger partial charge < -0.3 is 10.0 Å². The summed E-state index contributed by atoms with van der Waals surface area (Å²) in [6, 6.07) is 3.94. The highest BCUT2D eigenvalue weighted by Gasteiger charge is 2.19. The van der Waals surface area contributed by atoms with Gasteiger partial charge in [-0.2, -0.15) is 0 Å². The zero-order valence-electron chi connectivity index (χ0n) is 6.87. The molecule has 14 heavy (non-hydrogen) atoms. The summed E-state index contributed by atoms with van der Waals surface area (Å²) < 4.78 is 3.07. The molecule has 0 spiro atoms. The van der Waals surface area contributed by atoms with Crippen LogP contribution in [0.3, 0.4) is 0 Å². The van der Waals surface area contributed by atoms with Gasteiger partial charge in [0.1, 0.15) is 0 Å². The number of hydrogen-bond donors (Lipinski definition) is 2. The Morgan fingerprint density at radius 2 is 2.07 bits per heavy atom. The standard InChI is InChI=1S/C8H5BBrIO2S/c10-5-1-2-6-7(8(5)11)4(3-14-6)9(12)13/h1-3,12-13H. The van der Waals surface area contributed by atoms with Crippen LogP contribution in [0.15, 0.2) is 22.0 Å². The fourth-order valence-corrected chi connectivity index (χ4v) is 3.55. The van der Waals surface area contributed by atoms with Crippen molar-refractivity contribution >= 4 is 72.5 Å². The van der Waals surface area contributed by atoms with Crippen molar-refractivity contribution in [2.75, 3.05) is 0 Å². The molecule has 2 nitrogen and oxygen atoms in total. The fourth-order valence-electron chi connectivity index (χ4n) is 1.28. The number of fused-ring (bicyclic) bond motifs is 1. The summed E-state index contributed by atoms with van der Waals surface area (Å²) in [6.45, 7) is 0. The first-order chi connectivity index (χ1) is 6.61. The Balaban J connectivity index is 2.82. The Bertz CT molecular complexity index is 485. The molecule has 2 rings (SSSR count). The van der Waals surface area contributed by atoms with Crippen LogP contribution < -0.4 is 5.46 Å². The van der Waals surface area contributed by atoms with Crippen LogP contribution in [0.4, 0.5) is 0 Å². The number of rotatable bonds is 1. The molecular weight excluding hydrogens is 378 g/mol. The van der Waals surface area contributed by atoms with Gasteiger partial charge in [0, 0.05) is 23.6 Å². The van der Waals surface area contributed by atoms with Crippen LogP contribution in [0.5, 0.6) is 0 Å². The summed E-state index contributed by atoms with van der Waals surface area (Å²) in [5.41, 5.74) is 0.579. The molecular formula is C8H5BBrIO2S. The summed E-state index contributed by atoms with van der Waals surface area (Å²) in [4.78, 5) is 0. The Labute approximate surface area is 107 Å². The second kappa shape index (κ2) is 4.09. The van der Waals surface area contributed by atoms with Gasteiger partial charge in [-0.05, 0) is 56.0 Å². The third kappa shape index (κ3) is 1.74. The summed E-state index contributed by atoms with van der Waals surface area (Å²) in [6.07, 6.45) is 0. The van der Waals surface area contributed by atoms with Gasteiger partial charge in [-0.25, -0.2) is 0 Å². The highest BCUT2D eigenvalue weighted by molar-refractivity contribution is 14.1. The molecule has 2 N–H and O–H groups in total. The first kappa shape index (κ1) is 10.9. The van der Waals surface area contributed by atoms with Crippen molar-refractivity contribution in [2.45, 2.75) is 0 Å². The maximum absolute atomic E-state index is 9.17. The van der Waals surface area contributed by atoms with Gasteiger partial charge >= 0.3 is 7.12 Å². The predicted octanol–water partition coefficient (Wildman–Crippen LogP) is 1.95. The van der Waals surface area contributed by atoms with Crippen molar-refractivity contribution in [1.29, 1.82) is 0 Å². The first-order valence-electron chi connectivity index (χ1n) is 3.82. The van der Waals surface area contributed by atoms with Crippen LogP contribution in [0.2, 0.25) is 0 Å². The molecule has 0 aliphatic rings. The van der Waals surface area contributed by atoms with Crippen LogP contribution in [0.25, 0.3) is 10.1 Å². The Morgan fingerprint density at radius 3 is 2.71 bits per heavy atom. The van der Waals surface area contributed by atoms with Gasteiger partial charge in [0.25, 0.3) is 0 Å². The lowest BCUT2D eigenvalue weighted by molar-refractivity contribution is 0.426. The molecule has 1 aromatic heterocycles. The minimum Gasteiger partial charge on any atom is -0.423 e. The monoisotopic (exact) mass is 382 g/mol. The van der Waals surface area contributed by atoms with E-state index >= 15 is 0 Å². The van der Waals surface area contributed by atoms with Crippen LogP contribution in [0.1, 0.15) is 0 Å². The minimum absolute atomic E-state index is 0.579. The van der Waals surface area contributed by atoms with Gasteiger partial charge in [-0.3, -0.25) is 0 Å². The zero-order chi connectivity index (χ0) is 10.3. The Kier molecular flexibility index (Phi) is 3.18. The number of hydrogen-bond acceptors (Lipinski definition) is 3. The van der Waals surface area contributed by atoms with E-state index in [1.54, 1.807) is 5.38 Å². The fraction of sp³-hybridized carbons (Fsp3) is 0. The Hall–Kier alpha value is 0.375. The van der Waals surface area contributed by atoms with Crippen molar-refractivity contribution < 1.29 is 10.0 Å². The van der Waals surface area contributed by atoms with E-state index in [2.05, 4.69) is 38.5 Å². The average Bonchev–Trinajstić information content (AvgIpc) is 2.55. The lowest BCUT2D eigenvalue weighted by Crippen LogP contribution is -2.29. The first-order valence-corrected chi connectivity index (χ1v) is 6.57. The lowest BCUT2D eigenvalue weighted by atomic mass is 9.80. The van der Waals surface area contributed by atoms with Crippen LogP contribution >= 0.6 is 49.9 Å². The minimum atomic E-state index is -1.40. The average molecular weight is 383 g/mol. The van der Waals surface area contributed by atoms with E-state index in [1.165, 1.54) is 11.3 Å². The lowest BCUT2D eigenvalue weighted by Gasteiger charge is -2.01. The molecule has 0 aliphatic heterocycles. The van der Waals surface area contributed by atoms with Crippen molar-refractivity contribution in [2.24, 2.45) is 0 Å². The van der Waals surface area contributed by atoms with E-state index in [4.69, 9.17) is 10.0 Å². The molecule has 0 unspecified atom stereocenters. The molecule has 0 atom stereocenters. The van der Waals surface area contributed by atoms with Crippen LogP contribution in [-0.4, -0.2) is 17.2 Å². The molecule has 0 aliphatic carbocycles. The zero-order valence-corrected chi connectivity index (χ0v) is 11.4. The molecule has 0 amide bonds. The van der Waals surface area contributed by atoms with Crippen LogP contribution in [0, 0.1) is 3.57 Å². The van der Waals surface area contributed by atoms with Gasteiger partial charge in [0.2, 0.25) is 0 Å². The number of halogens is 2. The normalized spacial score (nSPS) is 10.9. The molecule has 0 radical (unpaired) electrons. The van der Waals surface area contributed by atoms with Crippen LogP contribution in [-0.2, 0) is 0 Å². The molecule has 1 aromatic carbocycles. The van der Waals surface area contributed by atoms with Crippen molar-refractivity contribution in [3.05, 3.63) is 25.6 Å². The van der Waals surface area contributed by atoms with Gasteiger partial charge in [0.05, 0.1) is 0 Å². The molecule has 2 aromatic rings. The Morgan fingerprint density at radius 1 is 1.36 bits per heavy atom. The molecule has 0 saturated carbocycles. The van der Waals surface area contributed by atoms with Crippen molar-refractivity contribution in [3.63, 3.8) is 0 Å². The smallest absolute Gasteiger partial charge is 0.423 e. The van der Waals surface area contributed by atoms with Gasteiger partial charge in [-0.1, -0.05) is 0 Å². The van der Waals surface area contributed by atoms with E-state index in [0.717, 1.165) is 18.1 Å². The third-order valence-electron chi connectivity index (χ3n) is 1.94. The maximum Gasteiger partial charge on any atom is 0.489 e. The molecule has 1 heterocycles. The highest BCUT2D eigenvalue weighted by atomic mass is 127. The largest absolute Gasteiger partial charge is 0.489 e. The van der Waals surface area contributed by atoms with Gasteiger partial charge in [-0.15, -0.1) is 11.3 Å². The van der Waals surface area contributed by atoms with Crippen molar-refractivity contribution in [3.8, 4) is 0 Å². The van der Waals surface area contributed by atoms with E-state index in [0.29, 0.717) is 5.46 Å². The SMILES string of the molecule is OB(O)c1csc2ccc(Br)c(I)c12.